The first-order chi connectivity index (χ1) is 16.1. The molecular weight excluding hydrogens is 436 g/mol. The van der Waals surface area contributed by atoms with Gasteiger partial charge >= 0.3 is 5.97 Å². The van der Waals surface area contributed by atoms with Gasteiger partial charge in [0.25, 0.3) is 0 Å². The summed E-state index contributed by atoms with van der Waals surface area (Å²) in [5, 5.41) is 36.3. The number of aliphatic hydroxyl groups is 1. The summed E-state index contributed by atoms with van der Waals surface area (Å²) in [4.78, 5) is 28.1. The number of carbonyl (C=O) groups excluding carboxylic acids is 2. The van der Waals surface area contributed by atoms with Crippen molar-refractivity contribution in [2.24, 2.45) is 0 Å². The van der Waals surface area contributed by atoms with Crippen molar-refractivity contribution in [1.29, 1.82) is 0 Å². The molecule has 1 aliphatic heterocycles. The average molecular weight is 458 g/mol. The number of phenols is 2. The van der Waals surface area contributed by atoms with E-state index in [1.54, 1.807) is 62.4 Å². The minimum absolute atomic E-state index is 0.0850. The van der Waals surface area contributed by atoms with Crippen molar-refractivity contribution in [3.05, 3.63) is 82.9 Å². The van der Waals surface area contributed by atoms with E-state index in [9.17, 15) is 24.9 Å². The molecule has 3 aliphatic rings. The molecule has 0 amide bonds. The molecule has 3 aromatic rings. The van der Waals surface area contributed by atoms with Gasteiger partial charge < -0.3 is 24.8 Å². The third-order valence-corrected chi connectivity index (χ3v) is 7.53. The van der Waals surface area contributed by atoms with Crippen LogP contribution in [-0.4, -0.2) is 45.4 Å². The first-order valence-electron chi connectivity index (χ1n) is 10.9. The fraction of sp³-hybridized carbons (Fsp3) is 0.259. The van der Waals surface area contributed by atoms with Gasteiger partial charge in [-0.15, -0.1) is 0 Å². The molecule has 3 atom stereocenters. The fourth-order valence-electron chi connectivity index (χ4n) is 6.27. The summed E-state index contributed by atoms with van der Waals surface area (Å²) in [6.07, 6.45) is 3.16. The number of hydrogen-bond donors (Lipinski definition) is 3. The molecule has 0 fully saturated rings. The van der Waals surface area contributed by atoms with Crippen molar-refractivity contribution in [2.45, 2.75) is 36.1 Å². The highest BCUT2D eigenvalue weighted by molar-refractivity contribution is 6.24. The molecule has 172 valence electrons. The van der Waals surface area contributed by atoms with Crippen LogP contribution in [0.15, 0.2) is 60.7 Å². The van der Waals surface area contributed by atoms with Gasteiger partial charge in [-0.3, -0.25) is 9.59 Å². The Hall–Kier alpha value is -3.68. The molecule has 3 N–H and O–H groups in total. The Bertz CT molecular complexity index is 1490. The third kappa shape index (κ3) is 1.91. The molecule has 0 aromatic heterocycles. The third-order valence-electron chi connectivity index (χ3n) is 7.53. The van der Waals surface area contributed by atoms with E-state index in [4.69, 9.17) is 9.47 Å². The van der Waals surface area contributed by atoms with Crippen LogP contribution in [0.2, 0.25) is 0 Å². The maximum absolute atomic E-state index is 14.4. The van der Waals surface area contributed by atoms with Crippen LogP contribution in [-0.2, 0) is 25.3 Å². The summed E-state index contributed by atoms with van der Waals surface area (Å²) in [7, 11) is 1.14. The number of carbonyl (C=O) groups is 2. The van der Waals surface area contributed by atoms with Gasteiger partial charge in [-0.05, 0) is 19.9 Å². The lowest BCUT2D eigenvalue weighted by Crippen LogP contribution is -2.69. The highest BCUT2D eigenvalue weighted by Crippen LogP contribution is 2.71. The predicted octanol–water partition coefficient (Wildman–Crippen LogP) is 3.21. The largest absolute Gasteiger partial charge is 0.507 e. The van der Waals surface area contributed by atoms with Crippen molar-refractivity contribution >= 4 is 22.5 Å². The molecule has 6 rings (SSSR count). The molecule has 0 radical (unpaired) electrons. The summed E-state index contributed by atoms with van der Waals surface area (Å²) >= 11 is 0. The van der Waals surface area contributed by atoms with E-state index in [1.807, 2.05) is 0 Å². The molecule has 1 spiro atoms. The van der Waals surface area contributed by atoms with E-state index in [1.165, 1.54) is 12.1 Å². The summed E-state index contributed by atoms with van der Waals surface area (Å²) in [6.45, 7) is 3.47. The fourth-order valence-corrected chi connectivity index (χ4v) is 6.27. The summed E-state index contributed by atoms with van der Waals surface area (Å²) in [6, 6.07) is 12.9. The second-order valence-electron chi connectivity index (χ2n) is 9.59. The van der Waals surface area contributed by atoms with Crippen LogP contribution in [0.25, 0.3) is 10.8 Å². The number of Topliss-reactive ketones (excluding diaryl/α,β-unsaturated/α-hetero) is 1. The number of esters is 1. The van der Waals surface area contributed by atoms with Crippen LogP contribution in [0.3, 0.4) is 0 Å². The summed E-state index contributed by atoms with van der Waals surface area (Å²) < 4.78 is 11.6. The molecule has 0 saturated heterocycles. The highest BCUT2D eigenvalue weighted by atomic mass is 16.6. The van der Waals surface area contributed by atoms with Crippen LogP contribution in [0.1, 0.15) is 40.9 Å². The SMILES string of the molecule is COC(=O)C12C(=O)c3ccccc3C(O)(c3c1c(O)c1ccccc1c3O)C21C=CC(C)(C)O1. The first-order valence-corrected chi connectivity index (χ1v) is 10.9. The van der Waals surface area contributed by atoms with Crippen molar-refractivity contribution in [3.63, 3.8) is 0 Å². The van der Waals surface area contributed by atoms with Gasteiger partial charge in [-0.1, -0.05) is 54.6 Å². The van der Waals surface area contributed by atoms with Crippen LogP contribution < -0.4 is 0 Å². The lowest BCUT2D eigenvalue weighted by molar-refractivity contribution is -0.199. The average Bonchev–Trinajstić information content (AvgIpc) is 3.24. The summed E-state index contributed by atoms with van der Waals surface area (Å²) in [5.74, 6) is -2.43. The Kier molecular flexibility index (Phi) is 3.72. The monoisotopic (exact) mass is 458 g/mol. The maximum atomic E-state index is 14.4. The zero-order valence-electron chi connectivity index (χ0n) is 18.7. The second kappa shape index (κ2) is 6.05. The molecule has 3 aromatic carbocycles. The van der Waals surface area contributed by atoms with Gasteiger partial charge in [0.15, 0.2) is 22.4 Å². The van der Waals surface area contributed by atoms with E-state index in [0.717, 1.165) is 7.11 Å². The topological polar surface area (TPSA) is 113 Å². The number of methoxy groups -OCH3 is 1. The van der Waals surface area contributed by atoms with Gasteiger partial charge in [0.05, 0.1) is 12.7 Å². The quantitative estimate of drug-likeness (QED) is 0.222. The van der Waals surface area contributed by atoms with E-state index in [0.29, 0.717) is 0 Å². The molecule has 2 bridgehead atoms. The van der Waals surface area contributed by atoms with E-state index in [2.05, 4.69) is 0 Å². The van der Waals surface area contributed by atoms with Crippen molar-refractivity contribution < 1.29 is 34.4 Å². The zero-order valence-corrected chi connectivity index (χ0v) is 18.7. The molecule has 7 nitrogen and oxygen atoms in total. The number of aromatic hydroxyl groups is 2. The van der Waals surface area contributed by atoms with Crippen molar-refractivity contribution in [3.8, 4) is 11.5 Å². The number of phenolic OH excluding ortho intramolecular Hbond substituents is 2. The van der Waals surface area contributed by atoms with Gasteiger partial charge in [0.2, 0.25) is 0 Å². The number of hydrogen-bond acceptors (Lipinski definition) is 7. The van der Waals surface area contributed by atoms with E-state index in [-0.39, 0.29) is 38.8 Å². The molecule has 3 unspecified atom stereocenters. The number of fused-ring (bicyclic) bond motifs is 6. The lowest BCUT2D eigenvalue weighted by atomic mass is 9.57. The van der Waals surface area contributed by atoms with Gasteiger partial charge in [0, 0.05) is 33.0 Å². The Balaban J connectivity index is 1.94. The molecule has 1 heterocycles. The van der Waals surface area contributed by atoms with E-state index >= 15 is 0 Å². The van der Waals surface area contributed by atoms with Crippen LogP contribution in [0.4, 0.5) is 0 Å². The molecule has 34 heavy (non-hydrogen) atoms. The maximum Gasteiger partial charge on any atom is 0.327 e. The Labute approximate surface area is 194 Å². The van der Waals surface area contributed by atoms with Gasteiger partial charge in [-0.25, -0.2) is 0 Å². The molecular formula is C27H22O7. The number of ether oxygens (including phenoxy) is 2. The van der Waals surface area contributed by atoms with Crippen LogP contribution >= 0.6 is 0 Å². The zero-order chi connectivity index (χ0) is 24.3. The Morgan fingerprint density at radius 3 is 2.09 bits per heavy atom. The van der Waals surface area contributed by atoms with Crippen LogP contribution in [0, 0.1) is 0 Å². The Morgan fingerprint density at radius 1 is 0.912 bits per heavy atom. The van der Waals surface area contributed by atoms with Crippen molar-refractivity contribution in [1.82, 2.24) is 0 Å². The predicted molar refractivity (Wildman–Crippen MR) is 122 cm³/mol. The van der Waals surface area contributed by atoms with Crippen LogP contribution in [0.5, 0.6) is 11.5 Å². The first kappa shape index (κ1) is 20.9. The minimum atomic E-state index is -2.31. The number of ketones is 1. The summed E-state index contributed by atoms with van der Waals surface area (Å²) in [5.41, 5.74) is -7.60. The number of benzene rings is 3. The lowest BCUT2D eigenvalue weighted by Gasteiger charge is -2.51. The smallest absolute Gasteiger partial charge is 0.327 e. The normalized spacial score (nSPS) is 29.9. The minimum Gasteiger partial charge on any atom is -0.507 e. The molecule has 2 aliphatic carbocycles. The van der Waals surface area contributed by atoms with Crippen molar-refractivity contribution in [2.75, 3.05) is 7.11 Å². The van der Waals surface area contributed by atoms with Gasteiger partial charge in [-0.2, -0.15) is 0 Å². The standard InChI is InChI=1S/C27H22O7/c1-24(2)12-13-25(34-24)26(23(31)33-3)18-19(21(29)15-9-5-4-8-14(15)20(18)28)27(25,32)17-11-7-6-10-16(17)22(26)30/h4-13,28-29,32H,1-3H3. The van der Waals surface area contributed by atoms with E-state index < -0.39 is 39.7 Å². The Morgan fingerprint density at radius 2 is 1.50 bits per heavy atom. The van der Waals surface area contributed by atoms with Gasteiger partial charge in [0.1, 0.15) is 11.5 Å². The number of rotatable bonds is 1. The second-order valence-corrected chi connectivity index (χ2v) is 9.59. The molecule has 7 heteroatoms. The highest BCUT2D eigenvalue weighted by Gasteiger charge is 2.83. The molecule has 0 saturated carbocycles.